The van der Waals surface area contributed by atoms with E-state index in [-0.39, 0.29) is 0 Å². The highest BCUT2D eigenvalue weighted by Crippen LogP contribution is 1.99. The molecule has 0 bridgehead atoms. The molecule has 0 aromatic carbocycles. The third kappa shape index (κ3) is 2.22. The van der Waals surface area contributed by atoms with Gasteiger partial charge in [-0.25, -0.2) is 4.98 Å². The fourth-order valence-corrected chi connectivity index (χ4v) is 0.919. The molecule has 12 heavy (non-hydrogen) atoms. The minimum Gasteiger partial charge on any atom is -0.424 e. The molecule has 0 aliphatic rings. The Morgan fingerprint density at radius 2 is 2.42 bits per heavy atom. The Hall–Kier alpha value is -1.07. The molecule has 0 fully saturated rings. The lowest BCUT2D eigenvalue weighted by molar-refractivity contribution is 0.424. The third-order valence-electron chi connectivity index (χ3n) is 1.51. The number of imidazole rings is 1. The van der Waals surface area contributed by atoms with Gasteiger partial charge in [0.05, 0.1) is 0 Å². The van der Waals surface area contributed by atoms with Gasteiger partial charge in [-0.15, -0.1) is 0 Å². The zero-order chi connectivity index (χ0) is 8.97. The lowest BCUT2D eigenvalue weighted by Gasteiger charge is -1.98. The van der Waals surface area contributed by atoms with E-state index in [4.69, 9.17) is 10.0 Å². The van der Waals surface area contributed by atoms with E-state index in [2.05, 4.69) is 4.98 Å². The summed E-state index contributed by atoms with van der Waals surface area (Å²) in [7, 11) is -1.41. The van der Waals surface area contributed by atoms with Crippen molar-refractivity contribution in [3.8, 4) is 0 Å². The van der Waals surface area contributed by atoms with Crippen LogP contribution in [0.3, 0.4) is 0 Å². The Kier molecular flexibility index (Phi) is 3.07. The van der Waals surface area contributed by atoms with Crippen LogP contribution < -0.4 is 0 Å². The van der Waals surface area contributed by atoms with Crippen LogP contribution in [0.1, 0.15) is 12.7 Å². The number of hydrogen-bond acceptors (Lipinski definition) is 3. The number of rotatable bonds is 3. The topological polar surface area (TPSA) is 58.3 Å². The quantitative estimate of drug-likeness (QED) is 0.617. The molecule has 0 spiro atoms. The Labute approximate surface area is 71.3 Å². The summed E-state index contributed by atoms with van der Waals surface area (Å²) in [5.74, 6) is 2.00. The maximum atomic E-state index is 8.55. The van der Waals surface area contributed by atoms with Crippen LogP contribution in [0, 0.1) is 0 Å². The molecule has 64 valence electrons. The molecule has 1 aromatic heterocycles. The second-order valence-corrected chi connectivity index (χ2v) is 2.34. The lowest BCUT2D eigenvalue weighted by atomic mass is 9.92. The minimum absolute atomic E-state index is 0.727. The molecule has 0 radical (unpaired) electrons. The summed E-state index contributed by atoms with van der Waals surface area (Å²) in [5, 5.41) is 17.1. The van der Waals surface area contributed by atoms with Crippen molar-refractivity contribution >= 4 is 13.2 Å². The van der Waals surface area contributed by atoms with Crippen LogP contribution in [-0.4, -0.2) is 26.7 Å². The molecule has 0 unspecified atom stereocenters. The van der Waals surface area contributed by atoms with Crippen LogP contribution in [0.4, 0.5) is 0 Å². The van der Waals surface area contributed by atoms with Crippen molar-refractivity contribution in [2.24, 2.45) is 0 Å². The van der Waals surface area contributed by atoms with Gasteiger partial charge < -0.3 is 14.6 Å². The molecule has 2 N–H and O–H groups in total. The summed E-state index contributed by atoms with van der Waals surface area (Å²) in [4.78, 5) is 4.01. The van der Waals surface area contributed by atoms with Gasteiger partial charge in [0.1, 0.15) is 5.82 Å². The molecule has 1 rings (SSSR count). The molecule has 5 heteroatoms. The lowest BCUT2D eigenvalue weighted by Crippen LogP contribution is -2.06. The van der Waals surface area contributed by atoms with Crippen molar-refractivity contribution < 1.29 is 10.0 Å². The van der Waals surface area contributed by atoms with Gasteiger partial charge in [-0.1, -0.05) is 5.98 Å². The molecule has 0 aliphatic carbocycles. The maximum absolute atomic E-state index is 8.55. The SMILES string of the molecule is CCn1ccnc1/C=C/B(O)O. The number of nitrogens with zero attached hydrogens (tertiary/aromatic N) is 2. The van der Waals surface area contributed by atoms with E-state index in [1.165, 1.54) is 5.98 Å². The molecule has 4 nitrogen and oxygen atoms in total. The van der Waals surface area contributed by atoms with Crippen LogP contribution in [0.25, 0.3) is 6.08 Å². The van der Waals surface area contributed by atoms with Gasteiger partial charge in [-0.3, -0.25) is 0 Å². The molecule has 0 saturated heterocycles. The fourth-order valence-electron chi connectivity index (χ4n) is 0.919. The first-order valence-electron chi connectivity index (χ1n) is 3.79. The number of aryl methyl sites for hydroxylation is 1. The summed E-state index contributed by atoms with van der Waals surface area (Å²) in [6, 6.07) is 0. The summed E-state index contributed by atoms with van der Waals surface area (Å²) in [6.45, 7) is 2.82. The first-order valence-corrected chi connectivity index (χ1v) is 3.79. The Morgan fingerprint density at radius 3 is 3.00 bits per heavy atom. The second kappa shape index (κ2) is 4.08. The van der Waals surface area contributed by atoms with Crippen molar-refractivity contribution in [2.75, 3.05) is 0 Å². The van der Waals surface area contributed by atoms with Crippen LogP contribution in [0.15, 0.2) is 18.4 Å². The normalized spacial score (nSPS) is 10.9. The number of hydrogen-bond donors (Lipinski definition) is 2. The van der Waals surface area contributed by atoms with Gasteiger partial charge in [0.25, 0.3) is 0 Å². The maximum Gasteiger partial charge on any atom is 0.480 e. The Balaban J connectivity index is 2.74. The largest absolute Gasteiger partial charge is 0.480 e. The van der Waals surface area contributed by atoms with E-state index in [0.717, 1.165) is 12.4 Å². The highest BCUT2D eigenvalue weighted by Gasteiger charge is 2.00. The van der Waals surface area contributed by atoms with E-state index in [0.29, 0.717) is 0 Å². The summed E-state index contributed by atoms with van der Waals surface area (Å²) in [5.41, 5.74) is 0. The van der Waals surface area contributed by atoms with Gasteiger partial charge >= 0.3 is 7.12 Å². The van der Waals surface area contributed by atoms with Crippen LogP contribution >= 0.6 is 0 Å². The predicted octanol–water partition coefficient (Wildman–Crippen LogP) is -0.0718. The van der Waals surface area contributed by atoms with E-state index >= 15 is 0 Å². The summed E-state index contributed by atoms with van der Waals surface area (Å²) < 4.78 is 1.90. The zero-order valence-electron chi connectivity index (χ0n) is 6.88. The van der Waals surface area contributed by atoms with Gasteiger partial charge in [0, 0.05) is 18.9 Å². The Morgan fingerprint density at radius 1 is 1.67 bits per heavy atom. The van der Waals surface area contributed by atoms with Gasteiger partial charge in [0.2, 0.25) is 0 Å². The van der Waals surface area contributed by atoms with Crippen molar-refractivity contribution in [1.29, 1.82) is 0 Å². The summed E-state index contributed by atoms with van der Waals surface area (Å²) in [6.07, 6.45) is 5.09. The van der Waals surface area contributed by atoms with Gasteiger partial charge in [-0.2, -0.15) is 0 Å². The monoisotopic (exact) mass is 166 g/mol. The average Bonchev–Trinajstić information content (AvgIpc) is 2.47. The predicted molar refractivity (Wildman–Crippen MR) is 47.1 cm³/mol. The van der Waals surface area contributed by atoms with Crippen molar-refractivity contribution in [3.05, 3.63) is 24.2 Å². The van der Waals surface area contributed by atoms with E-state index in [1.807, 2.05) is 17.7 Å². The fraction of sp³-hybridized carbons (Fsp3) is 0.286. The summed E-state index contributed by atoms with van der Waals surface area (Å²) >= 11 is 0. The van der Waals surface area contributed by atoms with Crippen molar-refractivity contribution in [1.82, 2.24) is 9.55 Å². The van der Waals surface area contributed by atoms with Crippen molar-refractivity contribution in [3.63, 3.8) is 0 Å². The minimum atomic E-state index is -1.41. The molecular weight excluding hydrogens is 155 g/mol. The van der Waals surface area contributed by atoms with Gasteiger partial charge in [-0.05, 0) is 13.0 Å². The molecule has 0 amide bonds. The third-order valence-corrected chi connectivity index (χ3v) is 1.51. The second-order valence-electron chi connectivity index (χ2n) is 2.34. The molecule has 0 atom stereocenters. The van der Waals surface area contributed by atoms with Crippen LogP contribution in [-0.2, 0) is 6.54 Å². The first-order chi connectivity index (χ1) is 5.74. The van der Waals surface area contributed by atoms with E-state index < -0.39 is 7.12 Å². The highest BCUT2D eigenvalue weighted by atomic mass is 16.4. The standard InChI is InChI=1S/C7H11BN2O2/c1-2-10-6-5-9-7(10)3-4-8(11)12/h3-6,11-12H,2H2,1H3/b4-3+. The smallest absolute Gasteiger partial charge is 0.424 e. The van der Waals surface area contributed by atoms with E-state index in [1.54, 1.807) is 12.3 Å². The molecule has 1 heterocycles. The molecular formula is C7H11BN2O2. The molecule has 1 aromatic rings. The average molecular weight is 166 g/mol. The van der Waals surface area contributed by atoms with Gasteiger partial charge in [0.15, 0.2) is 0 Å². The number of aromatic nitrogens is 2. The van der Waals surface area contributed by atoms with Crippen molar-refractivity contribution in [2.45, 2.75) is 13.5 Å². The van der Waals surface area contributed by atoms with Crippen LogP contribution in [0.2, 0.25) is 0 Å². The van der Waals surface area contributed by atoms with E-state index in [9.17, 15) is 0 Å². The molecule has 0 aliphatic heterocycles. The highest BCUT2D eigenvalue weighted by molar-refractivity contribution is 6.48. The first kappa shape index (κ1) is 9.03. The van der Waals surface area contributed by atoms with Crippen LogP contribution in [0.5, 0.6) is 0 Å². The zero-order valence-corrected chi connectivity index (χ0v) is 6.88. The molecule has 0 saturated carbocycles. The Bertz CT molecular complexity index is 270.